The van der Waals surface area contributed by atoms with Crippen LogP contribution in [0.25, 0.3) is 17.4 Å². The monoisotopic (exact) mass is 466 g/mol. The molecule has 0 saturated carbocycles. The number of aliphatic carboxylic acids is 1. The fraction of sp³-hybridized carbons (Fsp3) is 0.0455. The molecule has 10 heteroatoms. The van der Waals surface area contributed by atoms with Gasteiger partial charge in [0.2, 0.25) is 0 Å². The molecule has 1 amide bonds. The molecular weight excluding hydrogens is 452 g/mol. The maximum Gasteiger partial charge on any atom is 0.331 e. The van der Waals surface area contributed by atoms with Crippen LogP contribution in [0.5, 0.6) is 0 Å². The number of hydrogen-bond donors (Lipinski definition) is 1. The number of benzene rings is 2. The molecule has 1 aliphatic rings. The quantitative estimate of drug-likeness (QED) is 0.237. The lowest BCUT2D eigenvalue weighted by molar-refractivity contribution is -0.384. The van der Waals surface area contributed by atoms with Gasteiger partial charge < -0.3 is 9.52 Å². The third-order valence-electron chi connectivity index (χ3n) is 4.67. The highest BCUT2D eigenvalue weighted by molar-refractivity contribution is 8.26. The summed E-state index contributed by atoms with van der Waals surface area (Å²) >= 11 is 6.28. The topological polar surface area (TPSA) is 114 Å². The van der Waals surface area contributed by atoms with Crippen LogP contribution >= 0.6 is 24.0 Å². The van der Waals surface area contributed by atoms with Crippen molar-refractivity contribution >= 4 is 51.9 Å². The molecule has 0 unspecified atom stereocenters. The second-order valence-electron chi connectivity index (χ2n) is 6.71. The van der Waals surface area contributed by atoms with Gasteiger partial charge in [0.1, 0.15) is 15.8 Å². The summed E-state index contributed by atoms with van der Waals surface area (Å²) in [5.41, 5.74) is 0.881. The highest BCUT2D eigenvalue weighted by Gasteiger charge is 2.41. The largest absolute Gasteiger partial charge is 0.479 e. The summed E-state index contributed by atoms with van der Waals surface area (Å²) in [6.07, 6.45) is 1.48. The van der Waals surface area contributed by atoms with Gasteiger partial charge in [-0.1, -0.05) is 66.4 Å². The zero-order chi connectivity index (χ0) is 22.8. The normalized spacial score (nSPS) is 15.9. The van der Waals surface area contributed by atoms with Gasteiger partial charge in [0.05, 0.1) is 9.83 Å². The molecule has 1 fully saturated rings. The van der Waals surface area contributed by atoms with E-state index in [1.165, 1.54) is 18.2 Å². The lowest BCUT2D eigenvalue weighted by Crippen LogP contribution is -2.37. The van der Waals surface area contributed by atoms with Gasteiger partial charge in [0.25, 0.3) is 11.6 Å². The standard InChI is InChI=1S/C22H14N2O6S2/c25-20-18(32-22(31)23(20)19(21(26)27)13-5-2-1-3-6-13)12-16-9-10-17(30-16)14-7-4-8-15(11-14)24(28)29/h1-12,19H,(H,26,27)/b18-12+/t19-/m0/s1. The first-order chi connectivity index (χ1) is 15.3. The molecule has 0 aliphatic carbocycles. The molecule has 1 aliphatic heterocycles. The molecular formula is C22H14N2O6S2. The third kappa shape index (κ3) is 4.18. The van der Waals surface area contributed by atoms with Crippen molar-refractivity contribution in [3.63, 3.8) is 0 Å². The van der Waals surface area contributed by atoms with Crippen LogP contribution in [0, 0.1) is 10.1 Å². The Morgan fingerprint density at radius 2 is 1.91 bits per heavy atom. The molecule has 4 rings (SSSR count). The molecule has 1 atom stereocenters. The van der Waals surface area contributed by atoms with E-state index < -0.39 is 22.8 Å². The number of hydrogen-bond acceptors (Lipinski definition) is 7. The van der Waals surface area contributed by atoms with Crippen LogP contribution in [0.4, 0.5) is 5.69 Å². The van der Waals surface area contributed by atoms with E-state index in [4.69, 9.17) is 16.6 Å². The van der Waals surface area contributed by atoms with E-state index >= 15 is 0 Å². The van der Waals surface area contributed by atoms with E-state index in [-0.39, 0.29) is 14.9 Å². The minimum atomic E-state index is -1.24. The number of amides is 1. The van der Waals surface area contributed by atoms with Crippen LogP contribution in [0.1, 0.15) is 17.4 Å². The van der Waals surface area contributed by atoms with Crippen molar-refractivity contribution in [3.05, 3.63) is 93.1 Å². The summed E-state index contributed by atoms with van der Waals surface area (Å²) in [5, 5.41) is 20.7. The average Bonchev–Trinajstić information content (AvgIpc) is 3.35. The molecule has 32 heavy (non-hydrogen) atoms. The van der Waals surface area contributed by atoms with Crippen LogP contribution in [0.3, 0.4) is 0 Å². The summed E-state index contributed by atoms with van der Waals surface area (Å²) < 4.78 is 5.86. The Morgan fingerprint density at radius 3 is 2.59 bits per heavy atom. The molecule has 0 bridgehead atoms. The summed E-state index contributed by atoms with van der Waals surface area (Å²) in [7, 11) is 0. The lowest BCUT2D eigenvalue weighted by atomic mass is 10.1. The van der Waals surface area contributed by atoms with Gasteiger partial charge in [-0.3, -0.25) is 19.8 Å². The Hall–Kier alpha value is -3.76. The molecule has 0 spiro atoms. The molecule has 2 heterocycles. The summed E-state index contributed by atoms with van der Waals surface area (Å²) in [6, 6.07) is 16.4. The Balaban J connectivity index is 1.62. The van der Waals surface area contributed by atoms with Crippen LogP contribution in [0.15, 0.2) is 76.1 Å². The summed E-state index contributed by atoms with van der Waals surface area (Å²) in [6.45, 7) is 0. The summed E-state index contributed by atoms with van der Waals surface area (Å²) in [5.74, 6) is -1.01. The van der Waals surface area contributed by atoms with Crippen molar-refractivity contribution in [1.82, 2.24) is 4.90 Å². The van der Waals surface area contributed by atoms with Crippen molar-refractivity contribution in [3.8, 4) is 11.3 Å². The van der Waals surface area contributed by atoms with Gasteiger partial charge in [0.15, 0.2) is 6.04 Å². The number of rotatable bonds is 6. The number of carbonyl (C=O) groups is 2. The number of nitrogens with zero attached hydrogens (tertiary/aromatic N) is 2. The molecule has 3 aromatic rings. The third-order valence-corrected chi connectivity index (χ3v) is 6.00. The maximum atomic E-state index is 13.0. The van der Waals surface area contributed by atoms with Crippen molar-refractivity contribution < 1.29 is 24.0 Å². The zero-order valence-corrected chi connectivity index (χ0v) is 17.8. The van der Waals surface area contributed by atoms with Gasteiger partial charge in [-0.15, -0.1) is 0 Å². The number of non-ortho nitro benzene ring substituents is 1. The SMILES string of the molecule is O=C(O)[C@H](c1ccccc1)N1C(=O)/C(=C\c2ccc(-c3cccc([N+](=O)[O-])c3)o2)SC1=S. The second kappa shape index (κ2) is 8.77. The minimum Gasteiger partial charge on any atom is -0.479 e. The zero-order valence-electron chi connectivity index (χ0n) is 16.2. The van der Waals surface area contributed by atoms with Gasteiger partial charge >= 0.3 is 5.97 Å². The average molecular weight is 466 g/mol. The highest BCUT2D eigenvalue weighted by Crippen LogP contribution is 2.39. The predicted molar refractivity (Wildman–Crippen MR) is 123 cm³/mol. The van der Waals surface area contributed by atoms with Gasteiger partial charge in [0, 0.05) is 23.8 Å². The smallest absolute Gasteiger partial charge is 0.331 e. The van der Waals surface area contributed by atoms with E-state index in [0.717, 1.165) is 16.7 Å². The van der Waals surface area contributed by atoms with E-state index in [2.05, 4.69) is 0 Å². The Morgan fingerprint density at radius 1 is 1.16 bits per heavy atom. The Labute approximate surface area is 191 Å². The van der Waals surface area contributed by atoms with Crippen LogP contribution in [-0.4, -0.2) is 31.1 Å². The van der Waals surface area contributed by atoms with Crippen molar-refractivity contribution in [2.24, 2.45) is 0 Å². The molecule has 8 nitrogen and oxygen atoms in total. The van der Waals surface area contributed by atoms with E-state index in [9.17, 15) is 24.8 Å². The molecule has 0 radical (unpaired) electrons. The predicted octanol–water partition coefficient (Wildman–Crippen LogP) is 4.88. The van der Waals surface area contributed by atoms with Crippen molar-refractivity contribution in [2.45, 2.75) is 6.04 Å². The van der Waals surface area contributed by atoms with Crippen LogP contribution in [0.2, 0.25) is 0 Å². The fourth-order valence-electron chi connectivity index (χ4n) is 3.23. The van der Waals surface area contributed by atoms with Crippen molar-refractivity contribution in [1.29, 1.82) is 0 Å². The first kappa shape index (κ1) is 21.5. The molecule has 1 N–H and O–H groups in total. The highest BCUT2D eigenvalue weighted by atomic mass is 32.2. The number of thioether (sulfide) groups is 1. The van der Waals surface area contributed by atoms with Crippen LogP contribution < -0.4 is 0 Å². The molecule has 2 aromatic carbocycles. The van der Waals surface area contributed by atoms with Gasteiger partial charge in [-0.05, 0) is 17.7 Å². The Bertz CT molecular complexity index is 1270. The lowest BCUT2D eigenvalue weighted by Gasteiger charge is -2.23. The number of furan rings is 1. The number of thiocarbonyl (C=S) groups is 1. The molecule has 1 aromatic heterocycles. The van der Waals surface area contributed by atoms with E-state index in [1.807, 2.05) is 0 Å². The van der Waals surface area contributed by atoms with E-state index in [1.54, 1.807) is 54.6 Å². The number of nitro groups is 1. The molecule has 160 valence electrons. The first-order valence-electron chi connectivity index (χ1n) is 9.24. The first-order valence-corrected chi connectivity index (χ1v) is 10.5. The Kier molecular flexibility index (Phi) is 5.89. The number of carboxylic acid groups (broad SMARTS) is 1. The maximum absolute atomic E-state index is 13.0. The number of nitro benzene ring substituents is 1. The molecule has 1 saturated heterocycles. The second-order valence-corrected chi connectivity index (χ2v) is 8.39. The van der Waals surface area contributed by atoms with Crippen molar-refractivity contribution in [2.75, 3.05) is 0 Å². The number of carbonyl (C=O) groups excluding carboxylic acids is 1. The van der Waals surface area contributed by atoms with E-state index in [0.29, 0.717) is 22.6 Å². The van der Waals surface area contributed by atoms with Gasteiger partial charge in [-0.25, -0.2) is 4.79 Å². The van der Waals surface area contributed by atoms with Gasteiger partial charge in [-0.2, -0.15) is 0 Å². The van der Waals surface area contributed by atoms with Crippen LogP contribution in [-0.2, 0) is 9.59 Å². The fourth-order valence-corrected chi connectivity index (χ4v) is 4.52. The number of carboxylic acids is 1. The summed E-state index contributed by atoms with van der Waals surface area (Å²) in [4.78, 5) is 36.7. The minimum absolute atomic E-state index is 0.0676.